The van der Waals surface area contributed by atoms with Crippen LogP contribution in [0.5, 0.6) is 0 Å². The Bertz CT molecular complexity index is 1790. The Hall–Kier alpha value is -2.28. The van der Waals surface area contributed by atoms with Crippen LogP contribution in [0.15, 0.2) is 71.0 Å². The number of aromatic nitrogens is 2. The number of fused-ring (bicyclic) bond motifs is 8. The first-order chi connectivity index (χ1) is 23.1. The zero-order valence-corrected chi connectivity index (χ0v) is 30.8. The minimum Gasteiger partial charge on any atom is -0.349 e. The van der Waals surface area contributed by atoms with Gasteiger partial charge in [-0.3, -0.25) is 4.79 Å². The van der Waals surface area contributed by atoms with Gasteiger partial charge in [-0.05, 0) is 110 Å². The van der Waals surface area contributed by atoms with Crippen molar-refractivity contribution in [2.45, 2.75) is 110 Å². The lowest BCUT2D eigenvalue weighted by Gasteiger charge is -2.58. The predicted octanol–water partition coefficient (Wildman–Crippen LogP) is 9.48. The molecular formula is C42H52BrN2O3+. The van der Waals surface area contributed by atoms with E-state index in [1.54, 1.807) is 5.57 Å². The lowest BCUT2D eigenvalue weighted by atomic mass is 9.46. The molecule has 5 fully saturated rings. The molecule has 0 radical (unpaired) electrons. The third kappa shape index (κ3) is 4.67. The summed E-state index contributed by atoms with van der Waals surface area (Å²) in [6.45, 7) is 11.3. The second-order valence-corrected chi connectivity index (χ2v) is 18.2. The van der Waals surface area contributed by atoms with Crippen LogP contribution >= 0.6 is 15.9 Å². The number of ketones is 1. The van der Waals surface area contributed by atoms with Gasteiger partial charge in [-0.2, -0.15) is 0 Å². The minimum atomic E-state index is -0.330. The largest absolute Gasteiger partial charge is 0.349 e. The molecular weight excluding hydrogens is 660 g/mol. The van der Waals surface area contributed by atoms with Gasteiger partial charge < -0.3 is 9.47 Å². The SMILES string of the molecule is C[C@@H]1CC[C@@]2(OC1)O[C@H]1C[C@H]3[C@@H]4CC=C5C[C@H](n6c[n+](CC(=O)c7cccc(Br)c7)c7ccccc76)CC[C@]5(C)[C@H]4CC[C@]3(C)[C@H]1[C@@H]2C. The second-order valence-electron chi connectivity index (χ2n) is 17.2. The van der Waals surface area contributed by atoms with Crippen molar-refractivity contribution in [1.82, 2.24) is 4.57 Å². The summed E-state index contributed by atoms with van der Waals surface area (Å²) < 4.78 is 19.2. The van der Waals surface area contributed by atoms with Gasteiger partial charge in [0.25, 0.3) is 0 Å². The summed E-state index contributed by atoms with van der Waals surface area (Å²) in [6.07, 6.45) is 16.3. The predicted molar refractivity (Wildman–Crippen MR) is 191 cm³/mol. The first-order valence-corrected chi connectivity index (χ1v) is 19.7. The van der Waals surface area contributed by atoms with Crippen LogP contribution in [-0.2, 0) is 16.0 Å². The summed E-state index contributed by atoms with van der Waals surface area (Å²) in [6, 6.07) is 16.8. The number of nitrogens with zero attached hydrogens (tertiary/aromatic N) is 2. The molecule has 2 aliphatic heterocycles. The van der Waals surface area contributed by atoms with E-state index < -0.39 is 0 Å². The maximum atomic E-state index is 13.4. The molecule has 2 saturated heterocycles. The molecule has 48 heavy (non-hydrogen) atoms. The van der Waals surface area contributed by atoms with E-state index in [4.69, 9.17) is 9.47 Å². The summed E-state index contributed by atoms with van der Waals surface area (Å²) in [5.74, 6) is 3.82. The van der Waals surface area contributed by atoms with Crippen LogP contribution in [-0.4, -0.2) is 28.8 Å². The Morgan fingerprint density at radius 1 is 1.02 bits per heavy atom. The monoisotopic (exact) mass is 711 g/mol. The van der Waals surface area contributed by atoms with Crippen LogP contribution in [0.25, 0.3) is 11.0 Å². The third-order valence-electron chi connectivity index (χ3n) is 14.9. The Labute approximate surface area is 294 Å². The van der Waals surface area contributed by atoms with E-state index in [2.05, 4.69) is 89.4 Å². The molecule has 254 valence electrons. The Balaban J connectivity index is 0.956. The number of hydrogen-bond donors (Lipinski definition) is 0. The van der Waals surface area contributed by atoms with Crippen molar-refractivity contribution in [3.63, 3.8) is 0 Å². The number of hydrogen-bond acceptors (Lipinski definition) is 3. The van der Waals surface area contributed by atoms with Crippen LogP contribution in [0.2, 0.25) is 0 Å². The van der Waals surface area contributed by atoms with Gasteiger partial charge in [-0.25, -0.2) is 9.13 Å². The molecule has 6 aliphatic rings. The molecule has 1 spiro atoms. The van der Waals surface area contributed by atoms with Gasteiger partial charge in [0.1, 0.15) is 6.04 Å². The molecule has 2 aromatic carbocycles. The molecule has 5 nitrogen and oxygen atoms in total. The van der Waals surface area contributed by atoms with Gasteiger partial charge in [0.15, 0.2) is 23.4 Å². The Kier molecular flexibility index (Phi) is 7.50. The maximum absolute atomic E-state index is 13.4. The zero-order chi connectivity index (χ0) is 33.0. The van der Waals surface area contributed by atoms with E-state index in [1.807, 2.05) is 24.3 Å². The smallest absolute Gasteiger partial charge is 0.245 e. The molecule has 1 aromatic heterocycles. The highest BCUT2D eigenvalue weighted by molar-refractivity contribution is 9.10. The summed E-state index contributed by atoms with van der Waals surface area (Å²) in [4.78, 5) is 13.4. The molecule has 6 heteroatoms. The van der Waals surface area contributed by atoms with E-state index in [1.165, 1.54) is 50.5 Å². The third-order valence-corrected chi connectivity index (χ3v) is 15.4. The standard InChI is InChI=1S/C42H52BrN2O3/c1-26-14-19-42(47-24-26)27(2)39-38(48-42)22-34-32-13-12-29-21-31(15-17-40(29,3)33(32)16-18-41(34,39)4)45-25-44(35-10-5-6-11-36(35)45)23-37(46)28-8-7-9-30(43)20-28/h5-12,20,25-27,31-34,38-39H,13-19,21-24H2,1-4H3/q+1/t26-,27+,31-,32-,33+,34+,38+,39+,40+,41+,42-/m1/s1. The normalized spacial score (nSPS) is 41.8. The molecule has 0 unspecified atom stereocenters. The van der Waals surface area contributed by atoms with Crippen molar-refractivity contribution in [3.8, 4) is 0 Å². The Morgan fingerprint density at radius 3 is 2.69 bits per heavy atom. The van der Waals surface area contributed by atoms with Crippen LogP contribution in [0, 0.1) is 46.3 Å². The number of carbonyl (C=O) groups excluding carboxylic acids is 1. The first-order valence-electron chi connectivity index (χ1n) is 18.9. The lowest BCUT2D eigenvalue weighted by molar-refractivity contribution is -0.658. The van der Waals surface area contributed by atoms with Gasteiger partial charge in [0.05, 0.1) is 12.7 Å². The van der Waals surface area contributed by atoms with E-state index in [-0.39, 0.29) is 17.0 Å². The van der Waals surface area contributed by atoms with E-state index >= 15 is 0 Å². The van der Waals surface area contributed by atoms with Crippen molar-refractivity contribution in [3.05, 3.63) is 76.5 Å². The molecule has 4 aliphatic carbocycles. The van der Waals surface area contributed by atoms with Crippen LogP contribution in [0.4, 0.5) is 0 Å². The number of ether oxygens (including phenoxy) is 2. The van der Waals surface area contributed by atoms with Crippen molar-refractivity contribution < 1.29 is 18.8 Å². The Morgan fingerprint density at radius 2 is 1.88 bits per heavy atom. The molecule has 3 saturated carbocycles. The van der Waals surface area contributed by atoms with Crippen LogP contribution in [0.3, 0.4) is 0 Å². The number of carbonyl (C=O) groups is 1. The number of rotatable bonds is 4. The van der Waals surface area contributed by atoms with Crippen LogP contribution in [0.1, 0.15) is 102 Å². The number of para-hydroxylation sites is 2. The fourth-order valence-electron chi connectivity index (χ4n) is 12.4. The van der Waals surface area contributed by atoms with Crippen molar-refractivity contribution in [2.75, 3.05) is 6.61 Å². The maximum Gasteiger partial charge on any atom is 0.245 e. The average Bonchev–Trinajstić information content (AvgIpc) is 3.68. The van der Waals surface area contributed by atoms with Gasteiger partial charge in [0.2, 0.25) is 12.1 Å². The highest BCUT2D eigenvalue weighted by atomic mass is 79.9. The molecule has 0 amide bonds. The molecule has 0 N–H and O–H groups in total. The summed E-state index contributed by atoms with van der Waals surface area (Å²) in [5, 5.41) is 0. The fraction of sp³-hybridized carbons (Fsp3) is 0.619. The summed E-state index contributed by atoms with van der Waals surface area (Å²) >= 11 is 3.53. The van der Waals surface area contributed by atoms with Gasteiger partial charge >= 0.3 is 0 Å². The molecule has 0 bridgehead atoms. The number of imidazole rings is 1. The number of Topliss-reactive ketones (excluding diaryl/α,β-unsaturated/α-hetero) is 1. The van der Waals surface area contributed by atoms with Crippen LogP contribution < -0.4 is 4.57 Å². The summed E-state index contributed by atoms with van der Waals surface area (Å²) in [7, 11) is 0. The van der Waals surface area contributed by atoms with Crippen molar-refractivity contribution in [2.24, 2.45) is 46.3 Å². The number of benzene rings is 2. The number of halogens is 1. The van der Waals surface area contributed by atoms with Gasteiger partial charge in [-0.15, -0.1) is 0 Å². The van der Waals surface area contributed by atoms with E-state index in [9.17, 15) is 4.79 Å². The molecule has 9 rings (SSSR count). The first kappa shape index (κ1) is 31.7. The second kappa shape index (κ2) is 11.4. The van der Waals surface area contributed by atoms with E-state index in [0.29, 0.717) is 41.9 Å². The zero-order valence-electron chi connectivity index (χ0n) is 29.2. The lowest BCUT2D eigenvalue weighted by Crippen LogP contribution is -2.52. The molecule has 3 heterocycles. The quantitative estimate of drug-likeness (QED) is 0.154. The van der Waals surface area contributed by atoms with Gasteiger partial charge in [-0.1, -0.05) is 79.5 Å². The molecule has 3 aromatic rings. The fourth-order valence-corrected chi connectivity index (χ4v) is 12.8. The summed E-state index contributed by atoms with van der Waals surface area (Å²) in [5.41, 5.74) is 5.45. The highest BCUT2D eigenvalue weighted by Gasteiger charge is 2.68. The average molecular weight is 713 g/mol. The highest BCUT2D eigenvalue weighted by Crippen LogP contribution is 2.71. The van der Waals surface area contributed by atoms with Crippen molar-refractivity contribution in [1.29, 1.82) is 0 Å². The number of allylic oxidation sites excluding steroid dienone is 2. The minimum absolute atomic E-state index is 0.137. The van der Waals surface area contributed by atoms with Gasteiger partial charge in [0, 0.05) is 28.8 Å². The van der Waals surface area contributed by atoms with Crippen molar-refractivity contribution >= 4 is 32.7 Å². The van der Waals surface area contributed by atoms with E-state index in [0.717, 1.165) is 52.8 Å². The molecule has 11 atom stereocenters. The topological polar surface area (TPSA) is 44.3 Å².